The minimum atomic E-state index is -0.885. The van der Waals surface area contributed by atoms with E-state index >= 15 is 0 Å². The summed E-state index contributed by atoms with van der Waals surface area (Å²) in [6, 6.07) is 5.96. The van der Waals surface area contributed by atoms with Crippen LogP contribution in [0, 0.1) is 19.3 Å². The van der Waals surface area contributed by atoms with Gasteiger partial charge >= 0.3 is 0 Å². The van der Waals surface area contributed by atoms with E-state index in [0.717, 1.165) is 11.3 Å². The molecule has 1 amide bonds. The molecular weight excluding hydrogens is 300 g/mol. The van der Waals surface area contributed by atoms with Gasteiger partial charge in [-0.3, -0.25) is 4.79 Å². The zero-order valence-corrected chi connectivity index (χ0v) is 14.8. The van der Waals surface area contributed by atoms with Gasteiger partial charge in [-0.2, -0.15) is 0 Å². The van der Waals surface area contributed by atoms with Crippen LogP contribution in [-0.2, 0) is 9.53 Å². The van der Waals surface area contributed by atoms with Crippen molar-refractivity contribution < 1.29 is 9.53 Å². The van der Waals surface area contributed by atoms with E-state index in [2.05, 4.69) is 5.32 Å². The monoisotopic (exact) mass is 326 g/mol. The molecule has 5 heteroatoms. The Morgan fingerprint density at radius 3 is 2.55 bits per heavy atom. The number of aryl methyl sites for hydroxylation is 2. The van der Waals surface area contributed by atoms with E-state index in [4.69, 9.17) is 10.5 Å². The number of carbonyl (C=O) groups is 1. The van der Waals surface area contributed by atoms with Crippen molar-refractivity contribution >= 4 is 24.0 Å². The highest BCUT2D eigenvalue weighted by Gasteiger charge is 2.62. The number of benzene rings is 1. The average molecular weight is 327 g/mol. The third-order valence-corrected chi connectivity index (χ3v) is 4.87. The summed E-state index contributed by atoms with van der Waals surface area (Å²) < 4.78 is 5.67. The van der Waals surface area contributed by atoms with Crippen LogP contribution in [0.4, 0.5) is 5.69 Å². The first-order valence-electron chi connectivity index (χ1n) is 7.51. The molecule has 0 bridgehead atoms. The second-order valence-electron chi connectivity index (χ2n) is 6.61. The second kappa shape index (κ2) is 6.57. The van der Waals surface area contributed by atoms with Crippen LogP contribution in [-0.4, -0.2) is 24.2 Å². The smallest absolute Gasteiger partial charge is 0.245 e. The maximum absolute atomic E-state index is 12.6. The molecule has 1 saturated carbocycles. The van der Waals surface area contributed by atoms with Gasteiger partial charge in [-0.15, -0.1) is 12.4 Å². The SMILES string of the molecule is CCOC1CC(N)(C(=O)Nc2ccc(C)cc2C)C1(C)C.Cl. The number of hydrogen-bond donors (Lipinski definition) is 2. The van der Waals surface area contributed by atoms with Crippen molar-refractivity contribution in [1.82, 2.24) is 0 Å². The van der Waals surface area contributed by atoms with Crippen LogP contribution < -0.4 is 11.1 Å². The van der Waals surface area contributed by atoms with E-state index in [0.29, 0.717) is 13.0 Å². The van der Waals surface area contributed by atoms with Crippen molar-refractivity contribution in [2.24, 2.45) is 11.1 Å². The molecule has 22 heavy (non-hydrogen) atoms. The van der Waals surface area contributed by atoms with Gasteiger partial charge in [0.15, 0.2) is 0 Å². The normalized spacial score (nSPS) is 25.8. The van der Waals surface area contributed by atoms with Crippen LogP contribution in [0.5, 0.6) is 0 Å². The molecule has 0 aromatic heterocycles. The molecule has 0 heterocycles. The molecule has 2 rings (SSSR count). The van der Waals surface area contributed by atoms with Crippen molar-refractivity contribution in [2.45, 2.75) is 52.7 Å². The quantitative estimate of drug-likeness (QED) is 0.893. The molecular formula is C17H27ClN2O2. The standard InChI is InChI=1S/C17H26N2O2.ClH/c1-6-21-14-10-17(18,16(14,4)5)15(20)19-13-8-7-11(2)9-12(13)3;/h7-9,14H,6,10,18H2,1-5H3,(H,19,20);1H. The van der Waals surface area contributed by atoms with Crippen LogP contribution in [0.25, 0.3) is 0 Å². The Hall–Kier alpha value is -1.10. The summed E-state index contributed by atoms with van der Waals surface area (Å²) in [5, 5.41) is 2.98. The highest BCUT2D eigenvalue weighted by Crippen LogP contribution is 2.50. The molecule has 2 atom stereocenters. The van der Waals surface area contributed by atoms with Gasteiger partial charge in [0.05, 0.1) is 6.10 Å². The molecule has 1 aliphatic carbocycles. The predicted octanol–water partition coefficient (Wildman–Crippen LogP) is 3.20. The largest absolute Gasteiger partial charge is 0.378 e. The molecule has 0 radical (unpaired) electrons. The summed E-state index contributed by atoms with van der Waals surface area (Å²) in [4.78, 5) is 12.6. The van der Waals surface area contributed by atoms with E-state index in [1.807, 2.05) is 52.8 Å². The predicted molar refractivity (Wildman–Crippen MR) is 92.5 cm³/mol. The summed E-state index contributed by atoms with van der Waals surface area (Å²) in [6.07, 6.45) is 0.599. The van der Waals surface area contributed by atoms with Crippen molar-refractivity contribution in [3.05, 3.63) is 29.3 Å². The number of carbonyl (C=O) groups excluding carboxylic acids is 1. The second-order valence-corrected chi connectivity index (χ2v) is 6.61. The van der Waals surface area contributed by atoms with Gasteiger partial charge in [-0.05, 0) is 32.4 Å². The van der Waals surface area contributed by atoms with Gasteiger partial charge in [0.1, 0.15) is 5.54 Å². The Morgan fingerprint density at radius 2 is 2.05 bits per heavy atom. The molecule has 4 nitrogen and oxygen atoms in total. The summed E-state index contributed by atoms with van der Waals surface area (Å²) in [5.74, 6) is -0.129. The van der Waals surface area contributed by atoms with Crippen molar-refractivity contribution in [2.75, 3.05) is 11.9 Å². The molecule has 2 unspecified atom stereocenters. The van der Waals surface area contributed by atoms with Crippen LogP contribution in [0.2, 0.25) is 0 Å². The number of amides is 1. The molecule has 0 saturated heterocycles. The van der Waals surface area contributed by atoms with Crippen molar-refractivity contribution in [3.8, 4) is 0 Å². The fourth-order valence-electron chi connectivity index (χ4n) is 3.01. The van der Waals surface area contributed by atoms with Crippen LogP contribution in [0.15, 0.2) is 18.2 Å². The summed E-state index contributed by atoms with van der Waals surface area (Å²) in [6.45, 7) is 10.6. The van der Waals surface area contributed by atoms with Crippen LogP contribution in [0.1, 0.15) is 38.3 Å². The molecule has 124 valence electrons. The molecule has 1 aromatic carbocycles. The number of nitrogens with two attached hydrogens (primary N) is 1. The number of ether oxygens (including phenoxy) is 1. The molecule has 0 aliphatic heterocycles. The fourth-order valence-corrected chi connectivity index (χ4v) is 3.01. The van der Waals surface area contributed by atoms with Gasteiger partial charge in [-0.1, -0.05) is 31.5 Å². The molecule has 3 N–H and O–H groups in total. The number of halogens is 1. The highest BCUT2D eigenvalue weighted by molar-refractivity contribution is 6.00. The first-order chi connectivity index (χ1) is 9.72. The number of anilines is 1. The first-order valence-corrected chi connectivity index (χ1v) is 7.51. The summed E-state index contributed by atoms with van der Waals surface area (Å²) >= 11 is 0. The fraction of sp³-hybridized carbons (Fsp3) is 0.588. The first kappa shape index (κ1) is 18.9. The van der Waals surface area contributed by atoms with E-state index < -0.39 is 5.54 Å². The minimum Gasteiger partial charge on any atom is -0.378 e. The Morgan fingerprint density at radius 1 is 1.41 bits per heavy atom. The topological polar surface area (TPSA) is 64.3 Å². The maximum Gasteiger partial charge on any atom is 0.245 e. The Balaban J connectivity index is 0.00000242. The third kappa shape index (κ3) is 3.00. The third-order valence-electron chi connectivity index (χ3n) is 4.87. The molecule has 1 aromatic rings. The molecule has 1 aliphatic rings. The highest BCUT2D eigenvalue weighted by atomic mass is 35.5. The van der Waals surface area contributed by atoms with Crippen molar-refractivity contribution in [3.63, 3.8) is 0 Å². The summed E-state index contributed by atoms with van der Waals surface area (Å²) in [7, 11) is 0. The van der Waals surface area contributed by atoms with Gasteiger partial charge in [0, 0.05) is 24.1 Å². The zero-order valence-electron chi connectivity index (χ0n) is 14.0. The minimum absolute atomic E-state index is 0. The van der Waals surface area contributed by atoms with E-state index in [1.165, 1.54) is 5.56 Å². The lowest BCUT2D eigenvalue weighted by Gasteiger charge is -2.57. The number of hydrogen-bond acceptors (Lipinski definition) is 3. The van der Waals surface area contributed by atoms with Crippen molar-refractivity contribution in [1.29, 1.82) is 0 Å². The van der Waals surface area contributed by atoms with Crippen LogP contribution >= 0.6 is 12.4 Å². The lowest BCUT2D eigenvalue weighted by molar-refractivity contribution is -0.166. The number of nitrogens with one attached hydrogen (secondary N) is 1. The molecule has 0 spiro atoms. The van der Waals surface area contributed by atoms with E-state index in [9.17, 15) is 4.79 Å². The average Bonchev–Trinajstić information content (AvgIpc) is 2.41. The van der Waals surface area contributed by atoms with Gasteiger partial charge in [0.25, 0.3) is 0 Å². The lowest BCUT2D eigenvalue weighted by atomic mass is 9.54. The van der Waals surface area contributed by atoms with Crippen LogP contribution in [0.3, 0.4) is 0 Å². The zero-order chi connectivity index (χ0) is 15.8. The Bertz CT molecular complexity index is 560. The molecule has 1 fully saturated rings. The summed E-state index contributed by atoms with van der Waals surface area (Å²) in [5.41, 5.74) is 8.17. The number of rotatable bonds is 4. The Kier molecular flexibility index (Phi) is 5.66. The van der Waals surface area contributed by atoms with Gasteiger partial charge < -0.3 is 15.8 Å². The van der Waals surface area contributed by atoms with E-state index in [1.54, 1.807) is 0 Å². The lowest BCUT2D eigenvalue weighted by Crippen LogP contribution is -2.74. The van der Waals surface area contributed by atoms with Gasteiger partial charge in [0.2, 0.25) is 5.91 Å². The van der Waals surface area contributed by atoms with Gasteiger partial charge in [-0.25, -0.2) is 0 Å². The Labute approximate surface area is 139 Å². The van der Waals surface area contributed by atoms with E-state index in [-0.39, 0.29) is 29.8 Å². The maximum atomic E-state index is 12.6.